The van der Waals surface area contributed by atoms with E-state index in [0.29, 0.717) is 11.2 Å². The molecule has 4 saturated heterocycles. The molecule has 0 spiro atoms. The Morgan fingerprint density at radius 2 is 1.17 bits per heavy atom. The van der Waals surface area contributed by atoms with Gasteiger partial charge in [0.25, 0.3) is 5.56 Å². The van der Waals surface area contributed by atoms with Crippen LogP contribution in [0.5, 0.6) is 0 Å². The number of hydrogen-bond donors (Lipinski definition) is 10. The van der Waals surface area contributed by atoms with E-state index in [-0.39, 0.29) is 54.1 Å². The van der Waals surface area contributed by atoms with E-state index in [9.17, 15) is 57.3 Å². The predicted octanol–water partition coefficient (Wildman–Crippen LogP) is -0.441. The second-order valence-electron chi connectivity index (χ2n) is 19.6. The van der Waals surface area contributed by atoms with Crippen molar-refractivity contribution < 1.29 is 103 Å². The van der Waals surface area contributed by atoms with E-state index < -0.39 is 167 Å². The molecular formula is C42H59N15O25P4. The Labute approximate surface area is 482 Å². The quantitative estimate of drug-likeness (QED) is 0.0331. The maximum absolute atomic E-state index is 14.1. The van der Waals surface area contributed by atoms with Crippen molar-refractivity contribution in [3.63, 3.8) is 0 Å². The number of aromatic nitrogens is 10. The number of imidazole rings is 2. The highest BCUT2D eigenvalue weighted by atomic mass is 31.2. The van der Waals surface area contributed by atoms with Crippen LogP contribution in [0.4, 0.5) is 17.5 Å². The number of hydrogen-bond acceptors (Lipinski definition) is 31. The molecule has 86 heavy (non-hydrogen) atoms. The number of aliphatic hydroxyl groups excluding tert-OH is 1. The zero-order valence-corrected chi connectivity index (χ0v) is 48.8. The lowest BCUT2D eigenvalue weighted by molar-refractivity contribution is -0.0667. The van der Waals surface area contributed by atoms with Gasteiger partial charge in [-0.25, -0.2) is 52.8 Å². The molecule has 17 atom stereocenters. The highest BCUT2D eigenvalue weighted by Gasteiger charge is 2.49. The van der Waals surface area contributed by atoms with E-state index in [1.54, 1.807) is 11.5 Å². The van der Waals surface area contributed by atoms with Gasteiger partial charge in [-0.15, -0.1) is 0 Å². The molecule has 10 rings (SSSR count). The van der Waals surface area contributed by atoms with Crippen molar-refractivity contribution in [2.45, 2.75) is 120 Å². The number of nitrogens with one attached hydrogen (secondary N) is 2. The number of ether oxygens (including phenoxy) is 5. The Morgan fingerprint density at radius 1 is 0.674 bits per heavy atom. The molecule has 44 heteroatoms. The zero-order valence-electron chi connectivity index (χ0n) is 45.2. The Kier molecular flexibility index (Phi) is 18.8. The first-order chi connectivity index (χ1) is 40.7. The zero-order chi connectivity index (χ0) is 61.6. The maximum Gasteiger partial charge on any atom is 0.472 e. The molecule has 0 bridgehead atoms. The predicted molar refractivity (Wildman–Crippen MR) is 285 cm³/mol. The highest BCUT2D eigenvalue weighted by molar-refractivity contribution is 7.48. The summed E-state index contributed by atoms with van der Waals surface area (Å²) in [5.41, 5.74) is 15.7. The summed E-state index contributed by atoms with van der Waals surface area (Å²) in [5.74, 6) is -0.137. The van der Waals surface area contributed by atoms with Crippen LogP contribution in [-0.2, 0) is 78.1 Å². The number of rotatable bonds is 25. The van der Waals surface area contributed by atoms with Crippen LogP contribution in [0.2, 0.25) is 0 Å². The maximum atomic E-state index is 14.1. The van der Waals surface area contributed by atoms with Crippen molar-refractivity contribution in [1.29, 1.82) is 0 Å². The first kappa shape index (κ1) is 63.4. The van der Waals surface area contributed by atoms with Gasteiger partial charge in [0.1, 0.15) is 96.8 Å². The molecule has 5 aromatic heterocycles. The van der Waals surface area contributed by atoms with Gasteiger partial charge < -0.3 is 70.9 Å². The van der Waals surface area contributed by atoms with Gasteiger partial charge in [0.05, 0.1) is 45.2 Å². The van der Waals surface area contributed by atoms with Gasteiger partial charge in [0.15, 0.2) is 23.7 Å². The minimum Gasteiger partial charge on any atom is -0.383 e. The third-order valence-corrected chi connectivity index (χ3v) is 17.9. The van der Waals surface area contributed by atoms with Crippen LogP contribution < -0.4 is 39.5 Å². The lowest BCUT2D eigenvalue weighted by Crippen LogP contribution is -2.33. The van der Waals surface area contributed by atoms with Gasteiger partial charge in [-0.1, -0.05) is 0 Å². The Bertz CT molecular complexity index is 3720. The number of anilines is 3. The summed E-state index contributed by atoms with van der Waals surface area (Å²) < 4.78 is 131. The normalized spacial score (nSPS) is 30.3. The fourth-order valence-corrected chi connectivity index (χ4v) is 13.2. The van der Waals surface area contributed by atoms with Crippen molar-refractivity contribution in [1.82, 2.24) is 48.2 Å². The standard InChI is InChI=1S/C42H59N15O25P4/c1-4-71-20-7-31(56-17-48-33-35(44)46-16-47-36(33)56)76-24(20)12-73-84(64,65)82-23-10-32(57-18-49-34-37(57)51-40(45)52-39(34)59)79-27(23)15-75-85(66,67)80-21-8-29(54-6-5-28(43)50-41(54)60)77-26(21)14-74-86(68,69)81-22-9-30(55-11-19(2)38(58)53-42(55)61)78-25(22)13-72-83(62,63)70-3/h5-6,11,16-18,20-27,29-32,39,59H,4,7-10,12-15H2,1-3H3,(H,62,63)(H,64,65)(H,66,67)(H,68,69)(H2,43,50,60)(H2,44,46,47)(H3,45,51,52)(H,53,58,61)/t20?,21?,22?,23?,24-,25-,26-,27-,29-,30-,31-,32-,39?/m1/s1. The van der Waals surface area contributed by atoms with E-state index in [1.165, 1.54) is 42.7 Å². The molecule has 472 valence electrons. The van der Waals surface area contributed by atoms with Crippen molar-refractivity contribution in [2.75, 3.05) is 56.9 Å². The molecule has 0 saturated carbocycles. The van der Waals surface area contributed by atoms with Gasteiger partial charge in [-0.2, -0.15) is 4.98 Å². The Balaban J connectivity index is 0.840. The topological polar surface area (TPSA) is 543 Å². The molecule has 10 heterocycles. The lowest BCUT2D eigenvalue weighted by atomic mass is 10.2. The molecule has 9 unspecified atom stereocenters. The second kappa shape index (κ2) is 25.5. The van der Waals surface area contributed by atoms with Gasteiger partial charge >= 0.3 is 42.7 Å². The van der Waals surface area contributed by atoms with Crippen molar-refractivity contribution in [3.8, 4) is 0 Å². The third-order valence-electron chi connectivity index (χ3n) is 13.9. The molecule has 0 aliphatic carbocycles. The van der Waals surface area contributed by atoms with Crippen molar-refractivity contribution >= 4 is 65.9 Å². The van der Waals surface area contributed by atoms with Crippen LogP contribution in [-0.4, -0.2) is 168 Å². The number of aryl methyl sites for hydroxylation is 1. The number of H-pyrrole nitrogens is 1. The van der Waals surface area contributed by atoms with Gasteiger partial charge in [0, 0.05) is 57.4 Å². The summed E-state index contributed by atoms with van der Waals surface area (Å²) in [7, 11) is -19.7. The summed E-state index contributed by atoms with van der Waals surface area (Å²) in [4.78, 5) is 108. The van der Waals surface area contributed by atoms with E-state index in [1.807, 2.05) is 0 Å². The van der Waals surface area contributed by atoms with Gasteiger partial charge in [-0.3, -0.25) is 64.2 Å². The molecule has 5 aromatic rings. The number of fused-ring (bicyclic) bond motifs is 2. The van der Waals surface area contributed by atoms with Crippen molar-refractivity contribution in [3.05, 3.63) is 80.0 Å². The van der Waals surface area contributed by atoms with Crippen LogP contribution in [0.15, 0.2) is 56.8 Å². The highest BCUT2D eigenvalue weighted by Crippen LogP contribution is 2.54. The van der Waals surface area contributed by atoms with E-state index in [0.717, 1.165) is 22.4 Å². The number of aliphatic imine (C=N–C) groups is 1. The van der Waals surface area contributed by atoms with E-state index in [4.69, 9.17) is 72.6 Å². The minimum absolute atomic E-state index is 0.0215. The summed E-state index contributed by atoms with van der Waals surface area (Å²) in [6.45, 7) is 0.0507. The molecule has 40 nitrogen and oxygen atoms in total. The Morgan fingerprint density at radius 3 is 1.72 bits per heavy atom. The van der Waals surface area contributed by atoms with Crippen LogP contribution in [0, 0.1) is 6.92 Å². The fraction of sp³-hybridized carbons (Fsp3) is 0.595. The summed E-state index contributed by atoms with van der Waals surface area (Å²) in [6, 6.07) is 1.24. The van der Waals surface area contributed by atoms with Crippen LogP contribution in [0.3, 0.4) is 0 Å². The first-order valence-corrected chi connectivity index (χ1v) is 31.8. The van der Waals surface area contributed by atoms with Gasteiger partial charge in [-0.05, 0) is 19.9 Å². The van der Waals surface area contributed by atoms with Gasteiger partial charge in [0.2, 0.25) is 0 Å². The number of phosphoric ester groups is 4. The number of nitrogens with zero attached hydrogens (tertiary/aromatic N) is 10. The molecule has 13 N–H and O–H groups in total. The summed E-state index contributed by atoms with van der Waals surface area (Å²) >= 11 is 0. The number of nitrogens with two attached hydrogens (primary N) is 3. The van der Waals surface area contributed by atoms with E-state index in [2.05, 4.69) is 44.7 Å². The average Bonchev–Trinajstić information content (AvgIpc) is 2.53. The first-order valence-electron chi connectivity index (χ1n) is 25.9. The molecule has 5 aliphatic rings. The molecule has 0 radical (unpaired) electrons. The van der Waals surface area contributed by atoms with E-state index >= 15 is 0 Å². The van der Waals surface area contributed by atoms with Crippen LogP contribution in [0.25, 0.3) is 11.2 Å². The summed E-state index contributed by atoms with van der Waals surface area (Å²) in [6.07, 6.45) is -11.8. The second-order valence-corrected chi connectivity index (χ2v) is 25.4. The summed E-state index contributed by atoms with van der Waals surface area (Å²) in [5, 5.41) is 13.3. The average molecular weight is 1300 g/mol. The fourth-order valence-electron chi connectivity index (χ4n) is 9.92. The third kappa shape index (κ3) is 14.4. The number of phosphoric acid groups is 4. The SMILES string of the molecule is CCOC1C[C@H](n2cnc3c(N)ncnc32)O[C@@H]1COP(=O)(O)OC1C[C@H](n2cnc3c2NC(N)=NC3O)O[C@@H]1COP(=O)(O)OC1C[C@H](n2ccc(N)nc2=O)O[C@@H]1COP(=O)(O)OC1C[C@H](n2cc(C)c(=O)[nH]c2=O)O[C@@H]1COP(=O)(O)OC. The Hall–Kier alpha value is -5.61. The van der Waals surface area contributed by atoms with Crippen LogP contribution in [0.1, 0.15) is 75.0 Å². The van der Waals surface area contributed by atoms with Crippen molar-refractivity contribution in [2.24, 2.45) is 10.7 Å². The largest absolute Gasteiger partial charge is 0.472 e. The van der Waals surface area contributed by atoms with Crippen LogP contribution >= 0.6 is 31.3 Å². The molecule has 5 aliphatic heterocycles. The molecular weight excluding hydrogens is 1240 g/mol. The smallest absolute Gasteiger partial charge is 0.383 e. The monoisotopic (exact) mass is 1300 g/mol. The molecule has 0 amide bonds. The number of guanidine groups is 1. The number of aromatic amines is 1. The molecule has 0 aromatic carbocycles. The number of nitrogen functional groups attached to an aromatic ring is 2. The minimum atomic E-state index is -5.42. The lowest BCUT2D eigenvalue weighted by Gasteiger charge is -2.25. The number of aliphatic hydroxyl groups is 1. The molecule has 4 fully saturated rings.